The second-order valence-corrected chi connectivity index (χ2v) is 6.22. The highest BCUT2D eigenvalue weighted by atomic mass is 16.5. The van der Waals surface area contributed by atoms with Crippen LogP contribution in [0, 0.1) is 5.92 Å². The highest BCUT2D eigenvalue weighted by Crippen LogP contribution is 2.17. The van der Waals surface area contributed by atoms with E-state index in [0.717, 1.165) is 18.4 Å². The number of hydrogen-bond donors (Lipinski definition) is 2. The molecule has 1 unspecified atom stereocenters. The first kappa shape index (κ1) is 18.8. The molecule has 1 fully saturated rings. The Morgan fingerprint density at radius 1 is 1.16 bits per heavy atom. The predicted molar refractivity (Wildman–Crippen MR) is 92.7 cm³/mol. The van der Waals surface area contributed by atoms with Crippen molar-refractivity contribution in [2.45, 2.75) is 25.8 Å². The quantitative estimate of drug-likeness (QED) is 0.807. The van der Waals surface area contributed by atoms with Crippen LogP contribution in [0.5, 0.6) is 0 Å². The smallest absolute Gasteiger partial charge is 0.409 e. The van der Waals surface area contributed by atoms with Crippen LogP contribution >= 0.6 is 0 Å². The van der Waals surface area contributed by atoms with Gasteiger partial charge in [-0.05, 0) is 31.2 Å². The average Bonchev–Trinajstić information content (AvgIpc) is 2.66. The summed E-state index contributed by atoms with van der Waals surface area (Å²) in [6.45, 7) is 3.47. The van der Waals surface area contributed by atoms with Crippen molar-refractivity contribution in [1.29, 1.82) is 0 Å². The number of benzene rings is 1. The molecular weight excluding hydrogens is 322 g/mol. The standard InChI is InChI=1S/C18H25N3O4/c1-13(15-6-4-3-5-7-15)20-17(23)16(22)19-12-14-8-10-21(11-9-14)18(24)25-2/h3-7,13-14H,8-12H2,1-2H3,(H,19,22)(H,20,23). The first-order valence-electron chi connectivity index (χ1n) is 8.47. The van der Waals surface area contributed by atoms with Crippen LogP contribution in [0.15, 0.2) is 30.3 Å². The molecule has 0 bridgehead atoms. The van der Waals surface area contributed by atoms with Crippen molar-refractivity contribution in [2.24, 2.45) is 5.92 Å². The Hall–Kier alpha value is -2.57. The molecule has 25 heavy (non-hydrogen) atoms. The molecule has 0 radical (unpaired) electrons. The second kappa shape index (κ2) is 9.05. The van der Waals surface area contributed by atoms with Crippen molar-refractivity contribution in [3.8, 4) is 0 Å². The summed E-state index contributed by atoms with van der Waals surface area (Å²) >= 11 is 0. The van der Waals surface area contributed by atoms with Gasteiger partial charge in [0.1, 0.15) is 0 Å². The Balaban J connectivity index is 1.71. The lowest BCUT2D eigenvalue weighted by atomic mass is 9.97. The molecule has 1 atom stereocenters. The molecule has 7 nitrogen and oxygen atoms in total. The molecule has 2 N–H and O–H groups in total. The molecule has 0 saturated carbocycles. The van der Waals surface area contributed by atoms with Crippen molar-refractivity contribution in [1.82, 2.24) is 15.5 Å². The molecule has 1 aromatic rings. The van der Waals surface area contributed by atoms with Gasteiger partial charge in [-0.25, -0.2) is 4.79 Å². The Labute approximate surface area is 147 Å². The average molecular weight is 347 g/mol. The van der Waals surface area contributed by atoms with Crippen LogP contribution < -0.4 is 10.6 Å². The van der Waals surface area contributed by atoms with Crippen LogP contribution in [0.4, 0.5) is 4.79 Å². The summed E-state index contributed by atoms with van der Waals surface area (Å²) in [5.41, 5.74) is 0.943. The van der Waals surface area contributed by atoms with Gasteiger partial charge in [-0.2, -0.15) is 0 Å². The van der Waals surface area contributed by atoms with E-state index in [1.165, 1.54) is 7.11 Å². The number of nitrogens with zero attached hydrogens (tertiary/aromatic N) is 1. The molecule has 1 saturated heterocycles. The number of carbonyl (C=O) groups excluding carboxylic acids is 3. The fourth-order valence-electron chi connectivity index (χ4n) is 2.85. The Morgan fingerprint density at radius 3 is 2.40 bits per heavy atom. The van der Waals surface area contributed by atoms with Crippen LogP contribution in [0.1, 0.15) is 31.4 Å². The molecule has 1 aliphatic heterocycles. The maximum absolute atomic E-state index is 12.0. The predicted octanol–water partition coefficient (Wildman–Crippen LogP) is 1.46. The van der Waals surface area contributed by atoms with E-state index >= 15 is 0 Å². The normalized spacial score (nSPS) is 16.0. The van der Waals surface area contributed by atoms with E-state index in [1.807, 2.05) is 37.3 Å². The first-order chi connectivity index (χ1) is 12.0. The maximum atomic E-state index is 12.0. The number of rotatable bonds is 4. The Bertz CT molecular complexity index is 598. The first-order valence-corrected chi connectivity index (χ1v) is 8.47. The highest BCUT2D eigenvalue weighted by Gasteiger charge is 2.24. The third-order valence-electron chi connectivity index (χ3n) is 4.45. The summed E-state index contributed by atoms with van der Waals surface area (Å²) in [5, 5.41) is 5.37. The minimum atomic E-state index is -0.636. The van der Waals surface area contributed by atoms with Gasteiger partial charge >= 0.3 is 17.9 Å². The van der Waals surface area contributed by atoms with E-state index in [2.05, 4.69) is 10.6 Å². The zero-order valence-electron chi connectivity index (χ0n) is 14.7. The van der Waals surface area contributed by atoms with Crippen LogP contribution in [0.2, 0.25) is 0 Å². The maximum Gasteiger partial charge on any atom is 0.409 e. The molecular formula is C18H25N3O4. The minimum Gasteiger partial charge on any atom is -0.453 e. The molecule has 1 heterocycles. The summed E-state index contributed by atoms with van der Waals surface area (Å²) in [6.07, 6.45) is 1.23. The van der Waals surface area contributed by atoms with Gasteiger partial charge < -0.3 is 20.3 Å². The SMILES string of the molecule is COC(=O)N1CCC(CNC(=O)C(=O)NC(C)c2ccccc2)CC1. The lowest BCUT2D eigenvalue weighted by Gasteiger charge is -2.30. The van der Waals surface area contributed by atoms with Crippen LogP contribution in [0.3, 0.4) is 0 Å². The zero-order valence-corrected chi connectivity index (χ0v) is 14.7. The number of ether oxygens (including phenoxy) is 1. The van der Waals surface area contributed by atoms with Gasteiger partial charge in [-0.3, -0.25) is 9.59 Å². The molecule has 3 amide bonds. The van der Waals surface area contributed by atoms with Gasteiger partial charge in [-0.15, -0.1) is 0 Å². The van der Waals surface area contributed by atoms with Crippen LogP contribution in [-0.4, -0.2) is 49.6 Å². The molecule has 0 aromatic heterocycles. The van der Waals surface area contributed by atoms with Crippen molar-refractivity contribution in [3.63, 3.8) is 0 Å². The third kappa shape index (κ3) is 5.48. The number of amides is 3. The van der Waals surface area contributed by atoms with Crippen molar-refractivity contribution >= 4 is 17.9 Å². The summed E-state index contributed by atoms with van der Waals surface area (Å²) in [6, 6.07) is 9.24. The van der Waals surface area contributed by atoms with Crippen molar-refractivity contribution < 1.29 is 19.1 Å². The largest absolute Gasteiger partial charge is 0.453 e. The molecule has 2 rings (SSSR count). The van der Waals surface area contributed by atoms with Gasteiger partial charge in [-0.1, -0.05) is 30.3 Å². The van der Waals surface area contributed by atoms with Gasteiger partial charge in [0.05, 0.1) is 13.2 Å². The molecule has 1 aliphatic rings. The third-order valence-corrected chi connectivity index (χ3v) is 4.45. The topological polar surface area (TPSA) is 87.7 Å². The molecule has 7 heteroatoms. The van der Waals surface area contributed by atoms with Gasteiger partial charge in [0.15, 0.2) is 0 Å². The number of methoxy groups -OCH3 is 1. The minimum absolute atomic E-state index is 0.234. The van der Waals surface area contributed by atoms with E-state index in [1.54, 1.807) is 4.90 Å². The monoisotopic (exact) mass is 347 g/mol. The van der Waals surface area contributed by atoms with E-state index in [4.69, 9.17) is 4.74 Å². The van der Waals surface area contributed by atoms with Crippen molar-refractivity contribution in [3.05, 3.63) is 35.9 Å². The van der Waals surface area contributed by atoms with E-state index in [-0.39, 0.29) is 18.1 Å². The highest BCUT2D eigenvalue weighted by molar-refractivity contribution is 6.35. The molecule has 1 aromatic carbocycles. The summed E-state index contributed by atoms with van der Waals surface area (Å²) in [5.74, 6) is -1.01. The second-order valence-electron chi connectivity index (χ2n) is 6.22. The summed E-state index contributed by atoms with van der Waals surface area (Å²) in [7, 11) is 1.36. The van der Waals surface area contributed by atoms with Crippen molar-refractivity contribution in [2.75, 3.05) is 26.7 Å². The van der Waals surface area contributed by atoms with E-state index in [9.17, 15) is 14.4 Å². The lowest BCUT2D eigenvalue weighted by Crippen LogP contribution is -2.45. The van der Waals surface area contributed by atoms with E-state index in [0.29, 0.717) is 19.6 Å². The van der Waals surface area contributed by atoms with Crippen LogP contribution in [0.25, 0.3) is 0 Å². The number of carbonyl (C=O) groups is 3. The number of piperidine rings is 1. The lowest BCUT2D eigenvalue weighted by molar-refractivity contribution is -0.139. The van der Waals surface area contributed by atoms with Gasteiger partial charge in [0.25, 0.3) is 0 Å². The molecule has 0 spiro atoms. The fraction of sp³-hybridized carbons (Fsp3) is 0.500. The molecule has 136 valence electrons. The number of likely N-dealkylation sites (tertiary alicyclic amines) is 1. The number of hydrogen-bond acceptors (Lipinski definition) is 4. The van der Waals surface area contributed by atoms with Gasteiger partial charge in [0.2, 0.25) is 0 Å². The Kier molecular flexibility index (Phi) is 6.80. The fourth-order valence-corrected chi connectivity index (χ4v) is 2.85. The van der Waals surface area contributed by atoms with Gasteiger partial charge in [0, 0.05) is 19.6 Å². The summed E-state index contributed by atoms with van der Waals surface area (Å²) in [4.78, 5) is 37.0. The van der Waals surface area contributed by atoms with Crippen LogP contribution in [-0.2, 0) is 14.3 Å². The zero-order chi connectivity index (χ0) is 18.2. The summed E-state index contributed by atoms with van der Waals surface area (Å²) < 4.78 is 4.69. The Morgan fingerprint density at radius 2 is 1.80 bits per heavy atom. The van der Waals surface area contributed by atoms with E-state index < -0.39 is 11.8 Å². The number of nitrogens with one attached hydrogen (secondary N) is 2. The molecule has 0 aliphatic carbocycles.